The van der Waals surface area contributed by atoms with Crippen molar-refractivity contribution in [3.63, 3.8) is 0 Å². The quantitative estimate of drug-likeness (QED) is 0.647. The van der Waals surface area contributed by atoms with E-state index in [-0.39, 0.29) is 0 Å². The highest BCUT2D eigenvalue weighted by atomic mass is 14.8. The number of hydrogen-bond acceptors (Lipinski definition) is 1. The van der Waals surface area contributed by atoms with E-state index in [9.17, 15) is 0 Å². The Morgan fingerprint density at radius 1 is 1.00 bits per heavy atom. The van der Waals surface area contributed by atoms with Gasteiger partial charge in [-0.05, 0) is 25.0 Å². The van der Waals surface area contributed by atoms with Crippen LogP contribution in [-0.2, 0) is 6.42 Å². The lowest BCUT2D eigenvalue weighted by atomic mass is 10.1. The van der Waals surface area contributed by atoms with Crippen LogP contribution in [0.2, 0.25) is 0 Å². The second-order valence-electron chi connectivity index (χ2n) is 5.16. The molecular formula is C17H20N2. The van der Waals surface area contributed by atoms with Crippen LogP contribution >= 0.6 is 0 Å². The van der Waals surface area contributed by atoms with E-state index in [1.165, 1.54) is 53.2 Å². The fourth-order valence-electron chi connectivity index (χ4n) is 2.74. The van der Waals surface area contributed by atoms with Gasteiger partial charge in [0.25, 0.3) is 0 Å². The van der Waals surface area contributed by atoms with E-state index in [1.807, 2.05) is 6.20 Å². The third kappa shape index (κ3) is 2.35. The average molecular weight is 252 g/mol. The molecule has 3 rings (SSSR count). The van der Waals surface area contributed by atoms with Crippen LogP contribution in [0.4, 0.5) is 0 Å². The molecule has 2 nitrogen and oxygen atoms in total. The Bertz CT molecular complexity index is 682. The molecule has 0 saturated carbocycles. The molecule has 0 fully saturated rings. The number of rotatable bonds is 5. The van der Waals surface area contributed by atoms with Gasteiger partial charge in [-0.3, -0.25) is 4.98 Å². The summed E-state index contributed by atoms with van der Waals surface area (Å²) in [5.74, 6) is 0. The number of nitrogens with one attached hydrogen (secondary N) is 1. The Hall–Kier alpha value is -1.83. The van der Waals surface area contributed by atoms with Crippen LogP contribution in [0, 0.1) is 0 Å². The first-order valence-electron chi connectivity index (χ1n) is 7.24. The van der Waals surface area contributed by atoms with Crippen LogP contribution in [0.15, 0.2) is 36.5 Å². The smallest absolute Gasteiger partial charge is 0.0684 e. The van der Waals surface area contributed by atoms with E-state index in [1.54, 1.807) is 0 Å². The van der Waals surface area contributed by atoms with Crippen molar-refractivity contribution in [2.45, 2.75) is 39.0 Å². The van der Waals surface area contributed by atoms with E-state index < -0.39 is 0 Å². The second-order valence-corrected chi connectivity index (χ2v) is 5.16. The van der Waals surface area contributed by atoms with E-state index in [0.29, 0.717) is 0 Å². The normalized spacial score (nSPS) is 11.4. The van der Waals surface area contributed by atoms with Crippen molar-refractivity contribution in [2.24, 2.45) is 0 Å². The van der Waals surface area contributed by atoms with Crippen LogP contribution in [0.3, 0.4) is 0 Å². The molecule has 3 aromatic rings. The molecule has 0 aliphatic heterocycles. The van der Waals surface area contributed by atoms with Gasteiger partial charge >= 0.3 is 0 Å². The summed E-state index contributed by atoms with van der Waals surface area (Å²) in [4.78, 5) is 8.09. The maximum absolute atomic E-state index is 4.57. The molecule has 0 amide bonds. The van der Waals surface area contributed by atoms with E-state index in [4.69, 9.17) is 0 Å². The number of aromatic amines is 1. The van der Waals surface area contributed by atoms with Crippen molar-refractivity contribution in [3.8, 4) is 0 Å². The minimum Gasteiger partial charge on any atom is -0.353 e. The lowest BCUT2D eigenvalue weighted by Crippen LogP contribution is -1.91. The largest absolute Gasteiger partial charge is 0.353 e. The van der Waals surface area contributed by atoms with Gasteiger partial charge in [-0.2, -0.15) is 0 Å². The van der Waals surface area contributed by atoms with Gasteiger partial charge in [-0.15, -0.1) is 0 Å². The van der Waals surface area contributed by atoms with Gasteiger partial charge < -0.3 is 4.98 Å². The van der Waals surface area contributed by atoms with Crippen molar-refractivity contribution in [1.82, 2.24) is 9.97 Å². The molecule has 98 valence electrons. The van der Waals surface area contributed by atoms with Gasteiger partial charge in [-0.1, -0.05) is 44.4 Å². The van der Waals surface area contributed by atoms with Gasteiger partial charge in [0.2, 0.25) is 0 Å². The molecule has 19 heavy (non-hydrogen) atoms. The molecule has 0 bridgehead atoms. The van der Waals surface area contributed by atoms with Gasteiger partial charge in [-0.25, -0.2) is 0 Å². The molecule has 0 spiro atoms. The highest BCUT2D eigenvalue weighted by Gasteiger charge is 2.08. The predicted octanol–water partition coefficient (Wildman–Crippen LogP) is 4.84. The summed E-state index contributed by atoms with van der Waals surface area (Å²) in [5.41, 5.74) is 3.64. The number of pyridine rings is 1. The topological polar surface area (TPSA) is 28.7 Å². The van der Waals surface area contributed by atoms with Crippen molar-refractivity contribution in [3.05, 3.63) is 42.2 Å². The monoisotopic (exact) mass is 252 g/mol. The van der Waals surface area contributed by atoms with Crippen LogP contribution in [-0.4, -0.2) is 9.97 Å². The van der Waals surface area contributed by atoms with Crippen LogP contribution in [0.1, 0.15) is 38.3 Å². The molecule has 0 atom stereocenters. The van der Waals surface area contributed by atoms with E-state index in [2.05, 4.69) is 47.2 Å². The SMILES string of the molecule is CCCCCCc1nccc2c1[nH]c1ccccc12. The number of para-hydroxylation sites is 1. The summed E-state index contributed by atoms with van der Waals surface area (Å²) in [6.45, 7) is 2.25. The summed E-state index contributed by atoms with van der Waals surface area (Å²) in [5, 5.41) is 2.60. The summed E-state index contributed by atoms with van der Waals surface area (Å²) >= 11 is 0. The zero-order chi connectivity index (χ0) is 13.1. The van der Waals surface area contributed by atoms with Gasteiger partial charge in [0.15, 0.2) is 0 Å². The Labute approximate surface area is 113 Å². The fourth-order valence-corrected chi connectivity index (χ4v) is 2.74. The number of hydrogen-bond donors (Lipinski definition) is 1. The number of fused-ring (bicyclic) bond motifs is 3. The molecule has 0 radical (unpaired) electrons. The molecule has 1 aromatic carbocycles. The Morgan fingerprint density at radius 3 is 2.79 bits per heavy atom. The lowest BCUT2D eigenvalue weighted by Gasteiger charge is -2.02. The van der Waals surface area contributed by atoms with Gasteiger partial charge in [0.05, 0.1) is 11.2 Å². The fraction of sp³-hybridized carbons (Fsp3) is 0.353. The molecule has 0 aliphatic carbocycles. The Kier molecular flexibility index (Phi) is 3.49. The average Bonchev–Trinajstić information content (AvgIpc) is 2.83. The zero-order valence-corrected chi connectivity index (χ0v) is 11.4. The van der Waals surface area contributed by atoms with E-state index >= 15 is 0 Å². The highest BCUT2D eigenvalue weighted by Crippen LogP contribution is 2.27. The Morgan fingerprint density at radius 2 is 1.89 bits per heavy atom. The van der Waals surface area contributed by atoms with Crippen molar-refractivity contribution in [1.29, 1.82) is 0 Å². The number of aromatic nitrogens is 2. The maximum atomic E-state index is 4.57. The van der Waals surface area contributed by atoms with Gasteiger partial charge in [0, 0.05) is 22.5 Å². The molecule has 1 N–H and O–H groups in total. The number of nitrogens with zero attached hydrogens (tertiary/aromatic N) is 1. The standard InChI is InChI=1S/C17H20N2/c1-2-3-4-5-10-16-17-14(11-12-18-16)13-8-6-7-9-15(13)19-17/h6-9,11-12,19H,2-5,10H2,1H3. The van der Waals surface area contributed by atoms with Crippen LogP contribution in [0.5, 0.6) is 0 Å². The summed E-state index contributed by atoms with van der Waals surface area (Å²) in [7, 11) is 0. The van der Waals surface area contributed by atoms with Crippen molar-refractivity contribution >= 4 is 21.8 Å². The molecule has 2 heteroatoms. The molecule has 0 saturated heterocycles. The first-order chi connectivity index (χ1) is 9.40. The third-order valence-electron chi connectivity index (χ3n) is 3.77. The van der Waals surface area contributed by atoms with Crippen LogP contribution in [0.25, 0.3) is 21.8 Å². The predicted molar refractivity (Wildman–Crippen MR) is 81.4 cm³/mol. The highest BCUT2D eigenvalue weighted by molar-refractivity contribution is 6.07. The third-order valence-corrected chi connectivity index (χ3v) is 3.77. The first-order valence-corrected chi connectivity index (χ1v) is 7.24. The minimum absolute atomic E-state index is 1.07. The lowest BCUT2D eigenvalue weighted by molar-refractivity contribution is 0.662. The second kappa shape index (κ2) is 5.43. The minimum atomic E-state index is 1.07. The molecular weight excluding hydrogens is 232 g/mol. The Balaban J connectivity index is 1.96. The number of unbranched alkanes of at least 4 members (excludes halogenated alkanes) is 3. The number of aryl methyl sites for hydroxylation is 1. The first kappa shape index (κ1) is 12.2. The molecule has 2 aromatic heterocycles. The van der Waals surface area contributed by atoms with Crippen molar-refractivity contribution in [2.75, 3.05) is 0 Å². The maximum Gasteiger partial charge on any atom is 0.0684 e. The summed E-state index contributed by atoms with van der Waals surface area (Å²) < 4.78 is 0. The number of H-pyrrole nitrogens is 1. The zero-order valence-electron chi connectivity index (χ0n) is 11.4. The van der Waals surface area contributed by atoms with Crippen molar-refractivity contribution < 1.29 is 0 Å². The summed E-state index contributed by atoms with van der Waals surface area (Å²) in [6.07, 6.45) is 8.15. The molecule has 0 unspecified atom stereocenters. The van der Waals surface area contributed by atoms with Crippen LogP contribution < -0.4 is 0 Å². The molecule has 2 heterocycles. The molecule has 0 aliphatic rings. The van der Waals surface area contributed by atoms with E-state index in [0.717, 1.165) is 6.42 Å². The van der Waals surface area contributed by atoms with Gasteiger partial charge in [0.1, 0.15) is 0 Å². The summed E-state index contributed by atoms with van der Waals surface area (Å²) in [6, 6.07) is 10.6. The number of benzene rings is 1.